The molecule has 172 valence electrons. The van der Waals surface area contributed by atoms with Gasteiger partial charge in [-0.2, -0.15) is 0 Å². The van der Waals surface area contributed by atoms with Gasteiger partial charge < -0.3 is 14.1 Å². The van der Waals surface area contributed by atoms with Crippen LogP contribution in [-0.2, 0) is 22.6 Å². The zero-order valence-corrected chi connectivity index (χ0v) is 18.9. The maximum atomic E-state index is 13.8. The number of hydrogen-bond acceptors (Lipinski definition) is 5. The van der Waals surface area contributed by atoms with Crippen LogP contribution in [0.3, 0.4) is 0 Å². The molecule has 2 aliphatic heterocycles. The van der Waals surface area contributed by atoms with Crippen LogP contribution >= 0.6 is 0 Å². The molecule has 7 nitrogen and oxygen atoms in total. The van der Waals surface area contributed by atoms with Gasteiger partial charge in [-0.25, -0.2) is 4.79 Å². The van der Waals surface area contributed by atoms with Crippen LogP contribution in [0.5, 0.6) is 0 Å². The highest BCUT2D eigenvalue weighted by atomic mass is 16.5. The van der Waals surface area contributed by atoms with Crippen LogP contribution in [0.4, 0.5) is 4.79 Å². The van der Waals surface area contributed by atoms with Gasteiger partial charge in [-0.3, -0.25) is 14.6 Å². The Balaban J connectivity index is 1.39. The number of likely N-dealkylation sites (tertiary alicyclic amines) is 1. The number of ether oxygens (including phenoxy) is 1. The maximum Gasteiger partial charge on any atom is 0.328 e. The number of urea groups is 1. The fraction of sp³-hybridized carbons (Fsp3) is 0.385. The molecular formula is C26H29N3O4. The standard InChI is InChI=1S/C26H29N3O4/c1-32-16-14-29-25(31)28(18-22-7-4-6-21-5-2-3-8-23(21)22)24(30)26(29)10-12-27(13-11-26)17-20-9-15-33-19-20/h2-9,15,19H,10-14,16-18H2,1H3. The number of benzene rings is 2. The smallest absolute Gasteiger partial charge is 0.328 e. The van der Waals surface area contributed by atoms with Crippen molar-refractivity contribution in [2.45, 2.75) is 31.5 Å². The Morgan fingerprint density at radius 3 is 2.55 bits per heavy atom. The van der Waals surface area contributed by atoms with Crippen molar-refractivity contribution in [3.63, 3.8) is 0 Å². The van der Waals surface area contributed by atoms with E-state index >= 15 is 0 Å². The van der Waals surface area contributed by atoms with E-state index in [4.69, 9.17) is 9.15 Å². The van der Waals surface area contributed by atoms with E-state index in [-0.39, 0.29) is 18.5 Å². The quantitative estimate of drug-likeness (QED) is 0.515. The number of carbonyl (C=O) groups is 2. The molecule has 1 spiro atoms. The van der Waals surface area contributed by atoms with E-state index < -0.39 is 5.54 Å². The first-order valence-corrected chi connectivity index (χ1v) is 11.4. The van der Waals surface area contributed by atoms with Crippen molar-refractivity contribution in [3.05, 3.63) is 72.2 Å². The van der Waals surface area contributed by atoms with Gasteiger partial charge in [-0.05, 0) is 35.2 Å². The van der Waals surface area contributed by atoms with Crippen molar-refractivity contribution in [2.24, 2.45) is 0 Å². The predicted octanol–water partition coefficient (Wildman–Crippen LogP) is 3.88. The average molecular weight is 448 g/mol. The molecule has 0 aliphatic carbocycles. The first-order chi connectivity index (χ1) is 16.1. The lowest BCUT2D eigenvalue weighted by atomic mass is 9.85. The summed E-state index contributed by atoms with van der Waals surface area (Å²) in [4.78, 5) is 32.9. The summed E-state index contributed by atoms with van der Waals surface area (Å²) in [5.41, 5.74) is 1.30. The zero-order chi connectivity index (χ0) is 22.8. The van der Waals surface area contributed by atoms with Crippen LogP contribution < -0.4 is 0 Å². The van der Waals surface area contributed by atoms with Crippen LogP contribution in [-0.4, -0.2) is 65.5 Å². The van der Waals surface area contributed by atoms with Gasteiger partial charge in [0.25, 0.3) is 5.91 Å². The molecule has 2 aliphatic rings. The number of furan rings is 1. The van der Waals surface area contributed by atoms with Crippen LogP contribution in [0.25, 0.3) is 10.8 Å². The molecule has 3 amide bonds. The highest BCUT2D eigenvalue weighted by Crippen LogP contribution is 2.38. The second-order valence-electron chi connectivity index (χ2n) is 8.90. The van der Waals surface area contributed by atoms with Gasteiger partial charge in [-0.1, -0.05) is 42.5 Å². The lowest BCUT2D eigenvalue weighted by Gasteiger charge is -2.42. The lowest BCUT2D eigenvalue weighted by Crippen LogP contribution is -2.57. The van der Waals surface area contributed by atoms with Crippen LogP contribution in [0.2, 0.25) is 0 Å². The van der Waals surface area contributed by atoms with Crippen molar-refractivity contribution in [1.29, 1.82) is 0 Å². The fourth-order valence-corrected chi connectivity index (χ4v) is 5.22. The fourth-order valence-electron chi connectivity index (χ4n) is 5.22. The van der Waals surface area contributed by atoms with Gasteiger partial charge in [0.05, 0.1) is 25.7 Å². The molecule has 0 radical (unpaired) electrons. The Hall–Kier alpha value is -3.16. The molecule has 2 fully saturated rings. The van der Waals surface area contributed by atoms with E-state index in [0.717, 1.165) is 41.5 Å². The normalized spacial score (nSPS) is 18.7. The summed E-state index contributed by atoms with van der Waals surface area (Å²) in [6.45, 7) is 3.37. The molecule has 0 unspecified atom stereocenters. The van der Waals surface area contributed by atoms with E-state index in [0.29, 0.717) is 26.0 Å². The van der Waals surface area contributed by atoms with Crippen molar-refractivity contribution in [3.8, 4) is 0 Å². The molecule has 3 heterocycles. The van der Waals surface area contributed by atoms with E-state index in [9.17, 15) is 9.59 Å². The number of nitrogens with zero attached hydrogens (tertiary/aromatic N) is 3. The molecule has 1 aromatic heterocycles. The lowest BCUT2D eigenvalue weighted by molar-refractivity contribution is -0.136. The van der Waals surface area contributed by atoms with Gasteiger partial charge in [-0.15, -0.1) is 0 Å². The number of hydrogen-bond donors (Lipinski definition) is 0. The molecule has 0 saturated carbocycles. The zero-order valence-electron chi connectivity index (χ0n) is 18.9. The molecule has 5 rings (SSSR count). The topological polar surface area (TPSA) is 66.2 Å². The number of methoxy groups -OCH3 is 1. The van der Waals surface area contributed by atoms with Crippen molar-refractivity contribution >= 4 is 22.7 Å². The largest absolute Gasteiger partial charge is 0.472 e. The van der Waals surface area contributed by atoms with Gasteiger partial charge in [0, 0.05) is 38.9 Å². The predicted molar refractivity (Wildman–Crippen MR) is 124 cm³/mol. The molecule has 0 bridgehead atoms. The first kappa shape index (κ1) is 21.7. The third-order valence-corrected chi connectivity index (χ3v) is 7.02. The molecule has 33 heavy (non-hydrogen) atoms. The van der Waals surface area contributed by atoms with Gasteiger partial charge >= 0.3 is 6.03 Å². The number of fused-ring (bicyclic) bond motifs is 1. The maximum absolute atomic E-state index is 13.8. The monoisotopic (exact) mass is 447 g/mol. The minimum absolute atomic E-state index is 0.0838. The molecule has 2 saturated heterocycles. The van der Waals surface area contributed by atoms with Crippen LogP contribution in [0, 0.1) is 0 Å². The summed E-state index contributed by atoms with van der Waals surface area (Å²) in [7, 11) is 1.62. The third kappa shape index (κ3) is 3.92. The summed E-state index contributed by atoms with van der Waals surface area (Å²) in [5, 5.41) is 2.17. The molecule has 2 aromatic carbocycles. The Morgan fingerprint density at radius 1 is 1.00 bits per heavy atom. The summed E-state index contributed by atoms with van der Waals surface area (Å²) < 4.78 is 10.5. The van der Waals surface area contributed by atoms with Crippen molar-refractivity contribution in [1.82, 2.24) is 14.7 Å². The van der Waals surface area contributed by atoms with E-state index in [2.05, 4.69) is 17.0 Å². The Labute approximate surface area is 193 Å². The highest BCUT2D eigenvalue weighted by molar-refractivity contribution is 6.07. The summed E-state index contributed by atoms with van der Waals surface area (Å²) >= 11 is 0. The molecule has 0 N–H and O–H groups in total. The summed E-state index contributed by atoms with van der Waals surface area (Å²) in [5.74, 6) is -0.0838. The number of carbonyl (C=O) groups excluding carboxylic acids is 2. The molecule has 0 atom stereocenters. The summed E-state index contributed by atoms with van der Waals surface area (Å²) in [6.07, 6.45) is 4.67. The number of rotatable bonds is 7. The minimum atomic E-state index is -0.799. The van der Waals surface area contributed by atoms with Gasteiger partial charge in [0.2, 0.25) is 0 Å². The van der Waals surface area contributed by atoms with E-state index in [1.54, 1.807) is 24.5 Å². The molecule has 7 heteroatoms. The van der Waals surface area contributed by atoms with Crippen molar-refractivity contribution in [2.75, 3.05) is 33.4 Å². The Kier molecular flexibility index (Phi) is 5.91. The molecule has 3 aromatic rings. The number of amides is 3. The first-order valence-electron chi connectivity index (χ1n) is 11.4. The van der Waals surface area contributed by atoms with E-state index in [1.165, 1.54) is 4.90 Å². The minimum Gasteiger partial charge on any atom is -0.472 e. The molecular weight excluding hydrogens is 418 g/mol. The summed E-state index contributed by atoms with van der Waals surface area (Å²) in [6, 6.07) is 15.9. The number of piperidine rings is 1. The van der Waals surface area contributed by atoms with E-state index in [1.807, 2.05) is 36.4 Å². The SMILES string of the molecule is COCCN1C(=O)N(Cc2cccc3ccccc23)C(=O)C12CCN(Cc1ccoc1)CC2. The third-order valence-electron chi connectivity index (χ3n) is 7.02. The van der Waals surface area contributed by atoms with Gasteiger partial charge in [0.15, 0.2) is 0 Å². The van der Waals surface area contributed by atoms with Crippen molar-refractivity contribution < 1.29 is 18.7 Å². The second kappa shape index (κ2) is 9.00. The Bertz CT molecular complexity index is 1130. The Morgan fingerprint density at radius 2 is 1.79 bits per heavy atom. The second-order valence-corrected chi connectivity index (χ2v) is 8.90. The van der Waals surface area contributed by atoms with Gasteiger partial charge in [0.1, 0.15) is 5.54 Å². The van der Waals surface area contributed by atoms with Crippen LogP contribution in [0.15, 0.2) is 65.5 Å². The van der Waals surface area contributed by atoms with Crippen LogP contribution in [0.1, 0.15) is 24.0 Å². The highest BCUT2D eigenvalue weighted by Gasteiger charge is 2.57. The average Bonchev–Trinajstić information content (AvgIpc) is 3.41. The number of imide groups is 1.